The van der Waals surface area contributed by atoms with Crippen LogP contribution in [0.5, 0.6) is 11.5 Å². The van der Waals surface area contributed by atoms with Gasteiger partial charge in [-0.15, -0.1) is 0 Å². The Morgan fingerprint density at radius 3 is 2.79 bits per heavy atom. The molecular weight excluding hydrogens is 328 g/mol. The molecule has 1 aliphatic heterocycles. The van der Waals surface area contributed by atoms with Crippen LogP contribution in [-0.4, -0.2) is 37.7 Å². The lowest BCUT2D eigenvalue weighted by Gasteiger charge is -2.27. The average molecular weight is 353 g/mol. The van der Waals surface area contributed by atoms with Gasteiger partial charge >= 0.3 is 6.03 Å². The molecule has 1 heterocycles. The van der Waals surface area contributed by atoms with E-state index < -0.39 is 0 Å². The lowest BCUT2D eigenvalue weighted by molar-refractivity contribution is 0.171. The molecule has 2 aliphatic rings. The molecular formula is C18H25ClN2O3. The van der Waals surface area contributed by atoms with Gasteiger partial charge in [0.15, 0.2) is 11.5 Å². The Kier molecular flexibility index (Phi) is 5.72. The second-order valence-corrected chi connectivity index (χ2v) is 7.05. The van der Waals surface area contributed by atoms with Gasteiger partial charge in [-0.2, -0.15) is 0 Å². The minimum Gasteiger partial charge on any atom is -0.486 e. The molecule has 0 unspecified atom stereocenters. The number of carbonyl (C=O) groups excluding carboxylic acids is 1. The fourth-order valence-electron chi connectivity index (χ4n) is 3.42. The number of hydrogen-bond acceptors (Lipinski definition) is 3. The number of rotatable bonds is 4. The van der Waals surface area contributed by atoms with Crippen molar-refractivity contribution in [2.45, 2.75) is 38.6 Å². The number of nitrogens with zero attached hydrogens (tertiary/aromatic N) is 1. The van der Waals surface area contributed by atoms with Gasteiger partial charge in [-0.3, -0.25) is 0 Å². The first kappa shape index (κ1) is 17.2. The summed E-state index contributed by atoms with van der Waals surface area (Å²) in [5, 5.41) is 3.47. The van der Waals surface area contributed by atoms with Gasteiger partial charge < -0.3 is 19.7 Å². The van der Waals surface area contributed by atoms with Crippen molar-refractivity contribution in [1.82, 2.24) is 10.2 Å². The van der Waals surface area contributed by atoms with Gasteiger partial charge in [-0.25, -0.2) is 4.79 Å². The topological polar surface area (TPSA) is 50.8 Å². The zero-order valence-corrected chi connectivity index (χ0v) is 14.9. The van der Waals surface area contributed by atoms with Crippen LogP contribution in [0.15, 0.2) is 12.1 Å². The molecule has 0 aromatic heterocycles. The van der Waals surface area contributed by atoms with E-state index in [2.05, 4.69) is 5.32 Å². The summed E-state index contributed by atoms with van der Waals surface area (Å²) in [5.74, 6) is 1.87. The predicted octanol–water partition coefficient (Wildman–Crippen LogP) is 3.83. The predicted molar refractivity (Wildman–Crippen MR) is 93.9 cm³/mol. The van der Waals surface area contributed by atoms with Gasteiger partial charge in [0.1, 0.15) is 13.2 Å². The van der Waals surface area contributed by atoms with E-state index in [1.165, 1.54) is 32.1 Å². The van der Waals surface area contributed by atoms with E-state index in [4.69, 9.17) is 21.1 Å². The summed E-state index contributed by atoms with van der Waals surface area (Å²) in [6.07, 6.45) is 6.37. The van der Waals surface area contributed by atoms with Crippen molar-refractivity contribution < 1.29 is 14.3 Å². The minimum absolute atomic E-state index is 0.0495. The molecule has 3 rings (SSSR count). The first-order valence-corrected chi connectivity index (χ1v) is 9.08. The van der Waals surface area contributed by atoms with Crippen molar-refractivity contribution in [2.24, 2.45) is 5.92 Å². The smallest absolute Gasteiger partial charge is 0.317 e. The quantitative estimate of drug-likeness (QED) is 0.895. The first-order chi connectivity index (χ1) is 11.6. The van der Waals surface area contributed by atoms with Crippen LogP contribution in [-0.2, 0) is 6.54 Å². The summed E-state index contributed by atoms with van der Waals surface area (Å²) in [6, 6.07) is 3.64. The summed E-state index contributed by atoms with van der Waals surface area (Å²) in [5.41, 5.74) is 0.906. The van der Waals surface area contributed by atoms with E-state index in [9.17, 15) is 4.79 Å². The van der Waals surface area contributed by atoms with Crippen molar-refractivity contribution in [3.05, 3.63) is 22.7 Å². The molecule has 6 heteroatoms. The van der Waals surface area contributed by atoms with Crippen molar-refractivity contribution in [1.29, 1.82) is 0 Å². The summed E-state index contributed by atoms with van der Waals surface area (Å²) < 4.78 is 11.1. The highest BCUT2D eigenvalue weighted by Gasteiger charge is 2.19. The minimum atomic E-state index is -0.0495. The van der Waals surface area contributed by atoms with E-state index in [-0.39, 0.29) is 6.03 Å². The second kappa shape index (κ2) is 7.97. The highest BCUT2D eigenvalue weighted by Crippen LogP contribution is 2.38. The lowest BCUT2D eigenvalue weighted by Crippen LogP contribution is -2.39. The van der Waals surface area contributed by atoms with Gasteiger partial charge in [0, 0.05) is 20.1 Å². The third kappa shape index (κ3) is 4.26. The number of urea groups is 1. The molecule has 0 radical (unpaired) electrons. The van der Waals surface area contributed by atoms with Crippen LogP contribution in [0.2, 0.25) is 5.02 Å². The molecule has 1 fully saturated rings. The zero-order valence-electron chi connectivity index (χ0n) is 14.1. The Balaban J connectivity index is 1.53. The van der Waals surface area contributed by atoms with Crippen molar-refractivity contribution >= 4 is 17.6 Å². The Labute approximate surface area is 148 Å². The van der Waals surface area contributed by atoms with Gasteiger partial charge in [-0.05, 0) is 36.5 Å². The average Bonchev–Trinajstić information content (AvgIpc) is 2.60. The maximum atomic E-state index is 12.3. The number of carbonyl (C=O) groups is 1. The Bertz CT molecular complexity index is 588. The van der Waals surface area contributed by atoms with E-state index in [0.29, 0.717) is 42.2 Å². The molecule has 132 valence electrons. The van der Waals surface area contributed by atoms with Crippen LogP contribution in [0.1, 0.15) is 37.7 Å². The van der Waals surface area contributed by atoms with Gasteiger partial charge in [-0.1, -0.05) is 30.9 Å². The lowest BCUT2D eigenvalue weighted by atomic mass is 9.89. The molecule has 0 spiro atoms. The van der Waals surface area contributed by atoms with Crippen LogP contribution in [0.25, 0.3) is 0 Å². The molecule has 1 saturated carbocycles. The molecule has 1 aliphatic carbocycles. The number of benzene rings is 1. The number of hydrogen-bond donors (Lipinski definition) is 1. The number of nitrogens with one attached hydrogen (secondary N) is 1. The summed E-state index contributed by atoms with van der Waals surface area (Å²) in [4.78, 5) is 14.1. The molecule has 1 N–H and O–H groups in total. The monoisotopic (exact) mass is 352 g/mol. The Hall–Kier alpha value is -1.62. The number of fused-ring (bicyclic) bond motifs is 1. The molecule has 0 saturated heterocycles. The Morgan fingerprint density at radius 2 is 2.00 bits per heavy atom. The SMILES string of the molecule is CN(CC1CCCCC1)C(=O)NCc1cc(Cl)c2c(c1)OCCO2. The molecule has 1 aromatic carbocycles. The molecule has 2 amide bonds. The number of halogens is 1. The highest BCUT2D eigenvalue weighted by molar-refractivity contribution is 6.32. The Morgan fingerprint density at radius 1 is 1.25 bits per heavy atom. The maximum Gasteiger partial charge on any atom is 0.317 e. The van der Waals surface area contributed by atoms with Crippen LogP contribution < -0.4 is 14.8 Å². The van der Waals surface area contributed by atoms with Crippen molar-refractivity contribution in [3.8, 4) is 11.5 Å². The number of ether oxygens (including phenoxy) is 2. The molecule has 0 atom stereocenters. The first-order valence-electron chi connectivity index (χ1n) is 8.70. The summed E-state index contributed by atoms with van der Waals surface area (Å²) >= 11 is 6.23. The number of amides is 2. The van der Waals surface area contributed by atoms with E-state index in [1.807, 2.05) is 19.2 Å². The van der Waals surface area contributed by atoms with E-state index >= 15 is 0 Å². The second-order valence-electron chi connectivity index (χ2n) is 6.65. The standard InChI is InChI=1S/C18H25ClN2O3/c1-21(12-13-5-3-2-4-6-13)18(22)20-11-14-9-15(19)17-16(10-14)23-7-8-24-17/h9-10,13H,2-8,11-12H2,1H3,(H,20,22). The molecule has 1 aromatic rings. The van der Waals surface area contributed by atoms with Gasteiger partial charge in [0.05, 0.1) is 5.02 Å². The largest absolute Gasteiger partial charge is 0.486 e. The molecule has 24 heavy (non-hydrogen) atoms. The summed E-state index contributed by atoms with van der Waals surface area (Å²) in [6.45, 7) is 2.27. The van der Waals surface area contributed by atoms with E-state index in [1.54, 1.807) is 4.90 Å². The zero-order chi connectivity index (χ0) is 16.9. The van der Waals surface area contributed by atoms with Gasteiger partial charge in [0.25, 0.3) is 0 Å². The van der Waals surface area contributed by atoms with Crippen LogP contribution in [0.3, 0.4) is 0 Å². The third-order valence-corrected chi connectivity index (χ3v) is 4.98. The molecule has 5 nitrogen and oxygen atoms in total. The van der Waals surface area contributed by atoms with Crippen molar-refractivity contribution in [2.75, 3.05) is 26.8 Å². The summed E-state index contributed by atoms with van der Waals surface area (Å²) in [7, 11) is 1.86. The van der Waals surface area contributed by atoms with Crippen molar-refractivity contribution in [3.63, 3.8) is 0 Å². The maximum absolute atomic E-state index is 12.3. The van der Waals surface area contributed by atoms with Crippen LogP contribution in [0.4, 0.5) is 4.79 Å². The van der Waals surface area contributed by atoms with Crippen LogP contribution in [0, 0.1) is 5.92 Å². The van der Waals surface area contributed by atoms with E-state index in [0.717, 1.165) is 12.1 Å². The fourth-order valence-corrected chi connectivity index (χ4v) is 3.71. The highest BCUT2D eigenvalue weighted by atomic mass is 35.5. The molecule has 0 bridgehead atoms. The van der Waals surface area contributed by atoms with Gasteiger partial charge in [0.2, 0.25) is 0 Å². The third-order valence-electron chi connectivity index (χ3n) is 4.70. The fraction of sp³-hybridized carbons (Fsp3) is 0.611. The van der Waals surface area contributed by atoms with Crippen LogP contribution >= 0.6 is 11.6 Å². The normalized spacial score (nSPS) is 17.4.